The van der Waals surface area contributed by atoms with Gasteiger partial charge in [0.15, 0.2) is 6.61 Å². The summed E-state index contributed by atoms with van der Waals surface area (Å²) in [6.07, 6.45) is 0. The van der Waals surface area contributed by atoms with Crippen molar-refractivity contribution in [1.82, 2.24) is 0 Å². The number of alkyl halides is 1. The smallest absolute Gasteiger partial charge is 0.341 e. The highest BCUT2D eigenvalue weighted by Gasteiger charge is 2.18. The molecular weight excluding hydrogens is 199 g/mol. The zero-order valence-corrected chi connectivity index (χ0v) is 8.66. The van der Waals surface area contributed by atoms with E-state index >= 15 is 0 Å². The van der Waals surface area contributed by atoms with E-state index in [-0.39, 0.29) is 0 Å². The van der Waals surface area contributed by atoms with Gasteiger partial charge < -0.3 is 9.84 Å². The van der Waals surface area contributed by atoms with E-state index in [0.29, 0.717) is 11.3 Å². The summed E-state index contributed by atoms with van der Waals surface area (Å²) in [4.78, 5) is 10.2. The predicted octanol–water partition coefficient (Wildman–Crippen LogP) is 2.35. The van der Waals surface area contributed by atoms with Crippen molar-refractivity contribution in [2.75, 3.05) is 6.61 Å². The molecule has 0 aliphatic rings. The van der Waals surface area contributed by atoms with Gasteiger partial charge in [-0.15, -0.1) is 0 Å². The molecule has 0 bridgehead atoms. The normalized spacial score (nSPS) is 11.1. The van der Waals surface area contributed by atoms with E-state index in [1.54, 1.807) is 24.3 Å². The fourth-order valence-electron chi connectivity index (χ4n) is 1.09. The molecule has 0 aliphatic carbocycles. The van der Waals surface area contributed by atoms with Crippen molar-refractivity contribution in [3.63, 3.8) is 0 Å². The van der Waals surface area contributed by atoms with Gasteiger partial charge in [0.1, 0.15) is 11.4 Å². The monoisotopic (exact) mass is 212 g/mol. The summed E-state index contributed by atoms with van der Waals surface area (Å²) in [6.45, 7) is 2.53. The van der Waals surface area contributed by atoms with Gasteiger partial charge in [-0.3, -0.25) is 0 Å². The maximum absolute atomic E-state index is 13.4. The van der Waals surface area contributed by atoms with E-state index in [2.05, 4.69) is 0 Å². The van der Waals surface area contributed by atoms with E-state index < -0.39 is 18.2 Å². The lowest BCUT2D eigenvalue weighted by Crippen LogP contribution is -2.11. The Labute approximate surface area is 87.5 Å². The number of carbonyl (C=O) groups is 1. The summed E-state index contributed by atoms with van der Waals surface area (Å²) in [5, 5.41) is 8.37. The Morgan fingerprint density at radius 2 is 1.93 bits per heavy atom. The van der Waals surface area contributed by atoms with E-state index in [1.165, 1.54) is 13.8 Å². The Morgan fingerprint density at radius 3 is 2.33 bits per heavy atom. The molecule has 1 rings (SSSR count). The van der Waals surface area contributed by atoms with E-state index in [9.17, 15) is 9.18 Å². The fourth-order valence-corrected chi connectivity index (χ4v) is 1.09. The fraction of sp³-hybridized carbons (Fsp3) is 0.364. The number of aliphatic carboxylic acids is 1. The minimum absolute atomic E-state index is 0.391. The summed E-state index contributed by atoms with van der Waals surface area (Å²) >= 11 is 0. The summed E-state index contributed by atoms with van der Waals surface area (Å²) in [6, 6.07) is 6.27. The average Bonchev–Trinajstić information content (AvgIpc) is 2.14. The molecule has 1 aromatic rings. The third-order valence-electron chi connectivity index (χ3n) is 1.90. The minimum Gasteiger partial charge on any atom is -0.482 e. The number of carboxylic acid groups (broad SMARTS) is 1. The van der Waals surface area contributed by atoms with Gasteiger partial charge in [-0.2, -0.15) is 0 Å². The molecule has 1 aromatic carbocycles. The highest BCUT2D eigenvalue weighted by Crippen LogP contribution is 2.25. The highest BCUT2D eigenvalue weighted by atomic mass is 19.1. The Morgan fingerprint density at radius 1 is 1.40 bits per heavy atom. The van der Waals surface area contributed by atoms with Gasteiger partial charge in [-0.05, 0) is 31.5 Å². The molecule has 0 unspecified atom stereocenters. The summed E-state index contributed by atoms with van der Waals surface area (Å²) in [7, 11) is 0. The van der Waals surface area contributed by atoms with Crippen molar-refractivity contribution < 1.29 is 19.0 Å². The standard InChI is InChI=1S/C11H13FO3/c1-11(2,12)8-3-5-9(6-4-8)15-7-10(13)14/h3-6H,7H2,1-2H3,(H,13,14). The number of halogens is 1. The van der Waals surface area contributed by atoms with Crippen molar-refractivity contribution in [2.24, 2.45) is 0 Å². The Hall–Kier alpha value is -1.58. The van der Waals surface area contributed by atoms with Crippen LogP contribution in [0.5, 0.6) is 5.75 Å². The van der Waals surface area contributed by atoms with Gasteiger partial charge in [0.05, 0.1) is 0 Å². The lowest BCUT2D eigenvalue weighted by molar-refractivity contribution is -0.139. The number of hydrogen-bond acceptors (Lipinski definition) is 2. The van der Waals surface area contributed by atoms with Crippen LogP contribution in [0.3, 0.4) is 0 Å². The maximum Gasteiger partial charge on any atom is 0.341 e. The average molecular weight is 212 g/mol. The van der Waals surface area contributed by atoms with Crippen molar-refractivity contribution in [3.05, 3.63) is 29.8 Å². The van der Waals surface area contributed by atoms with Crippen LogP contribution in [0, 0.1) is 0 Å². The van der Waals surface area contributed by atoms with Crippen molar-refractivity contribution in [3.8, 4) is 5.75 Å². The number of hydrogen-bond donors (Lipinski definition) is 1. The van der Waals surface area contributed by atoms with Crippen LogP contribution in [-0.4, -0.2) is 17.7 Å². The molecule has 1 N–H and O–H groups in total. The largest absolute Gasteiger partial charge is 0.482 e. The Bertz CT molecular complexity index is 338. The molecule has 3 nitrogen and oxygen atoms in total. The number of rotatable bonds is 4. The molecule has 0 saturated heterocycles. The first-order valence-electron chi connectivity index (χ1n) is 4.53. The molecule has 0 spiro atoms. The molecule has 0 saturated carbocycles. The highest BCUT2D eigenvalue weighted by molar-refractivity contribution is 5.68. The Balaban J connectivity index is 2.69. The first-order chi connectivity index (χ1) is 6.89. The second-order valence-electron chi connectivity index (χ2n) is 3.68. The lowest BCUT2D eigenvalue weighted by Gasteiger charge is -2.14. The van der Waals surface area contributed by atoms with Crippen LogP contribution in [0.1, 0.15) is 19.4 Å². The summed E-state index contributed by atoms with van der Waals surface area (Å²) < 4.78 is 18.3. The molecule has 0 radical (unpaired) electrons. The zero-order chi connectivity index (χ0) is 11.5. The van der Waals surface area contributed by atoms with E-state index in [0.717, 1.165) is 0 Å². The lowest BCUT2D eigenvalue weighted by atomic mass is 10.0. The molecule has 0 amide bonds. The molecular formula is C11H13FO3. The van der Waals surface area contributed by atoms with Crippen molar-refractivity contribution in [1.29, 1.82) is 0 Å². The summed E-state index contributed by atoms with van der Waals surface area (Å²) in [5.74, 6) is -0.615. The number of ether oxygens (including phenoxy) is 1. The second kappa shape index (κ2) is 4.29. The summed E-state index contributed by atoms with van der Waals surface area (Å²) in [5.41, 5.74) is -0.865. The molecule has 15 heavy (non-hydrogen) atoms. The van der Waals surface area contributed by atoms with Gasteiger partial charge in [-0.1, -0.05) is 12.1 Å². The first-order valence-corrected chi connectivity index (χ1v) is 4.53. The molecule has 0 aromatic heterocycles. The third kappa shape index (κ3) is 3.58. The van der Waals surface area contributed by atoms with Crippen LogP contribution >= 0.6 is 0 Å². The quantitative estimate of drug-likeness (QED) is 0.833. The van der Waals surface area contributed by atoms with Gasteiger partial charge in [0.2, 0.25) is 0 Å². The van der Waals surface area contributed by atoms with Crippen LogP contribution in [0.15, 0.2) is 24.3 Å². The predicted molar refractivity (Wildman–Crippen MR) is 53.7 cm³/mol. The molecule has 0 aliphatic heterocycles. The third-order valence-corrected chi connectivity index (χ3v) is 1.90. The van der Waals surface area contributed by atoms with Crippen LogP contribution in [0.4, 0.5) is 4.39 Å². The molecule has 4 heteroatoms. The van der Waals surface area contributed by atoms with Gasteiger partial charge in [0, 0.05) is 0 Å². The minimum atomic E-state index is -1.40. The van der Waals surface area contributed by atoms with Crippen LogP contribution in [0.25, 0.3) is 0 Å². The molecule has 82 valence electrons. The van der Waals surface area contributed by atoms with Crippen LogP contribution in [0.2, 0.25) is 0 Å². The topological polar surface area (TPSA) is 46.5 Å². The van der Waals surface area contributed by atoms with Gasteiger partial charge >= 0.3 is 5.97 Å². The van der Waals surface area contributed by atoms with Gasteiger partial charge in [0.25, 0.3) is 0 Å². The van der Waals surface area contributed by atoms with Crippen LogP contribution < -0.4 is 4.74 Å². The molecule has 0 fully saturated rings. The zero-order valence-electron chi connectivity index (χ0n) is 8.66. The van der Waals surface area contributed by atoms with Crippen molar-refractivity contribution in [2.45, 2.75) is 19.5 Å². The maximum atomic E-state index is 13.4. The van der Waals surface area contributed by atoms with Crippen LogP contribution in [-0.2, 0) is 10.5 Å². The van der Waals surface area contributed by atoms with E-state index in [4.69, 9.17) is 9.84 Å². The second-order valence-corrected chi connectivity index (χ2v) is 3.68. The number of carboxylic acids is 1. The molecule has 0 atom stereocenters. The van der Waals surface area contributed by atoms with E-state index in [1.807, 2.05) is 0 Å². The van der Waals surface area contributed by atoms with Crippen molar-refractivity contribution >= 4 is 5.97 Å². The number of benzene rings is 1. The SMILES string of the molecule is CC(C)(F)c1ccc(OCC(=O)O)cc1. The molecule has 0 heterocycles. The first kappa shape index (κ1) is 11.5. The van der Waals surface area contributed by atoms with Gasteiger partial charge in [-0.25, -0.2) is 9.18 Å². The Kier molecular flexibility index (Phi) is 3.29.